The number of hydrogen-bond acceptors (Lipinski definition) is 5. The molecule has 0 aliphatic carbocycles. The smallest absolute Gasteiger partial charge is 0.250 e. The Morgan fingerprint density at radius 2 is 2.13 bits per heavy atom. The van der Waals surface area contributed by atoms with Crippen LogP contribution in [0.25, 0.3) is 5.69 Å². The molecule has 23 heavy (non-hydrogen) atoms. The highest BCUT2D eigenvalue weighted by molar-refractivity contribution is 5.85. The number of rotatable bonds is 4. The summed E-state index contributed by atoms with van der Waals surface area (Å²) >= 11 is 0. The predicted molar refractivity (Wildman–Crippen MR) is 90.3 cm³/mol. The van der Waals surface area contributed by atoms with Gasteiger partial charge in [0.05, 0.1) is 12.3 Å². The third-order valence-electron chi connectivity index (χ3n) is 3.31. The molecule has 2 N–H and O–H groups in total. The van der Waals surface area contributed by atoms with Gasteiger partial charge in [0.2, 0.25) is 0 Å². The van der Waals surface area contributed by atoms with Crippen LogP contribution in [-0.2, 0) is 16.1 Å². The van der Waals surface area contributed by atoms with Gasteiger partial charge in [0.15, 0.2) is 0 Å². The zero-order chi connectivity index (χ0) is 14.5. The lowest BCUT2D eigenvalue weighted by molar-refractivity contribution is -0.134. The molecule has 1 atom stereocenters. The second-order valence-corrected chi connectivity index (χ2v) is 4.79. The third kappa shape index (κ3) is 5.18. The van der Waals surface area contributed by atoms with E-state index < -0.39 is 6.10 Å². The molecule has 1 unspecified atom stereocenters. The summed E-state index contributed by atoms with van der Waals surface area (Å²) < 4.78 is 7.09. The topological polar surface area (TPSA) is 81.1 Å². The van der Waals surface area contributed by atoms with E-state index in [9.17, 15) is 4.79 Å². The molecule has 3 rings (SSSR count). The standard InChI is InChI=1S/C14H17N5O2.2ClH/c20-14(13-8-15-5-6-21-13)17-7-11-1-3-12(4-2-11)19-10-16-9-18-19;;/h1-4,9-10,13,15H,5-8H2,(H,17,20);2*1H. The van der Waals surface area contributed by atoms with Crippen LogP contribution < -0.4 is 10.6 Å². The molecule has 1 aliphatic rings. The van der Waals surface area contributed by atoms with E-state index in [1.807, 2.05) is 24.3 Å². The van der Waals surface area contributed by atoms with E-state index >= 15 is 0 Å². The Kier molecular flexibility index (Phi) is 7.97. The van der Waals surface area contributed by atoms with Gasteiger partial charge in [0.25, 0.3) is 5.91 Å². The summed E-state index contributed by atoms with van der Waals surface area (Å²) in [6.45, 7) is 2.42. The summed E-state index contributed by atoms with van der Waals surface area (Å²) in [5.41, 5.74) is 1.96. The van der Waals surface area contributed by atoms with Crippen molar-refractivity contribution in [3.63, 3.8) is 0 Å². The number of carbonyl (C=O) groups excluding carboxylic acids is 1. The van der Waals surface area contributed by atoms with Gasteiger partial charge in [-0.05, 0) is 17.7 Å². The number of nitrogens with zero attached hydrogens (tertiary/aromatic N) is 3. The van der Waals surface area contributed by atoms with Crippen molar-refractivity contribution in [2.75, 3.05) is 19.7 Å². The number of hydrogen-bond donors (Lipinski definition) is 2. The molecule has 7 nitrogen and oxygen atoms in total. The van der Waals surface area contributed by atoms with Crippen molar-refractivity contribution in [2.45, 2.75) is 12.6 Å². The fraction of sp³-hybridized carbons (Fsp3) is 0.357. The highest BCUT2D eigenvalue weighted by Gasteiger charge is 2.21. The Labute approximate surface area is 146 Å². The number of carbonyl (C=O) groups is 1. The molecule has 1 amide bonds. The molecule has 1 aromatic heterocycles. The second kappa shape index (κ2) is 9.46. The van der Waals surface area contributed by atoms with Crippen molar-refractivity contribution in [1.29, 1.82) is 0 Å². The van der Waals surface area contributed by atoms with E-state index in [-0.39, 0.29) is 30.7 Å². The highest BCUT2D eigenvalue weighted by Crippen LogP contribution is 2.08. The summed E-state index contributed by atoms with van der Waals surface area (Å²) in [5.74, 6) is -0.0810. The number of nitrogens with one attached hydrogen (secondary N) is 2. The lowest BCUT2D eigenvalue weighted by Crippen LogP contribution is -2.47. The SMILES string of the molecule is Cl.Cl.O=C(NCc1ccc(-n2cncn2)cc1)C1CNCCO1. The van der Waals surface area contributed by atoms with Gasteiger partial charge < -0.3 is 15.4 Å². The van der Waals surface area contributed by atoms with Crippen molar-refractivity contribution in [3.05, 3.63) is 42.5 Å². The van der Waals surface area contributed by atoms with Crippen LogP contribution >= 0.6 is 24.8 Å². The molecule has 1 aliphatic heterocycles. The van der Waals surface area contributed by atoms with Gasteiger partial charge in [-0.2, -0.15) is 5.10 Å². The maximum atomic E-state index is 11.9. The largest absolute Gasteiger partial charge is 0.366 e. The zero-order valence-electron chi connectivity index (χ0n) is 12.3. The number of halogens is 2. The average Bonchev–Trinajstić information content (AvgIpc) is 3.08. The summed E-state index contributed by atoms with van der Waals surface area (Å²) in [5, 5.41) is 10.1. The number of morpholine rings is 1. The fourth-order valence-corrected chi connectivity index (χ4v) is 2.14. The number of amides is 1. The number of aromatic nitrogens is 3. The molecule has 0 radical (unpaired) electrons. The van der Waals surface area contributed by atoms with Crippen LogP contribution in [0.2, 0.25) is 0 Å². The van der Waals surface area contributed by atoms with Crippen molar-refractivity contribution in [3.8, 4) is 5.69 Å². The van der Waals surface area contributed by atoms with E-state index in [0.717, 1.165) is 17.8 Å². The molecule has 126 valence electrons. The Morgan fingerprint density at radius 1 is 1.35 bits per heavy atom. The van der Waals surface area contributed by atoms with E-state index in [0.29, 0.717) is 19.7 Å². The van der Waals surface area contributed by atoms with Crippen LogP contribution in [0.3, 0.4) is 0 Å². The first kappa shape index (κ1) is 19.4. The minimum atomic E-state index is -0.395. The highest BCUT2D eigenvalue weighted by atomic mass is 35.5. The first-order valence-corrected chi connectivity index (χ1v) is 6.87. The fourth-order valence-electron chi connectivity index (χ4n) is 2.14. The van der Waals surface area contributed by atoms with Gasteiger partial charge in [0.1, 0.15) is 18.8 Å². The third-order valence-corrected chi connectivity index (χ3v) is 3.31. The summed E-state index contributed by atoms with van der Waals surface area (Å²) in [7, 11) is 0. The molecule has 0 bridgehead atoms. The van der Waals surface area contributed by atoms with Crippen LogP contribution in [0, 0.1) is 0 Å². The molecule has 2 heterocycles. The monoisotopic (exact) mass is 359 g/mol. The summed E-state index contributed by atoms with van der Waals surface area (Å²) in [6.07, 6.45) is 2.74. The number of ether oxygens (including phenoxy) is 1. The van der Waals surface area contributed by atoms with Crippen LogP contribution in [0.4, 0.5) is 0 Å². The van der Waals surface area contributed by atoms with Crippen LogP contribution in [0.15, 0.2) is 36.9 Å². The van der Waals surface area contributed by atoms with Crippen molar-refractivity contribution in [1.82, 2.24) is 25.4 Å². The van der Waals surface area contributed by atoms with Crippen molar-refractivity contribution in [2.24, 2.45) is 0 Å². The number of benzene rings is 1. The Hall–Kier alpha value is -1.67. The maximum absolute atomic E-state index is 11.9. The lowest BCUT2D eigenvalue weighted by atomic mass is 10.2. The van der Waals surface area contributed by atoms with Gasteiger partial charge in [0, 0.05) is 19.6 Å². The molecule has 9 heteroatoms. The first-order chi connectivity index (χ1) is 10.3. The Bertz CT molecular complexity index is 586. The minimum Gasteiger partial charge on any atom is -0.366 e. The molecule has 0 spiro atoms. The maximum Gasteiger partial charge on any atom is 0.250 e. The van der Waals surface area contributed by atoms with E-state index in [2.05, 4.69) is 20.7 Å². The minimum absolute atomic E-state index is 0. The van der Waals surface area contributed by atoms with Crippen LogP contribution in [0.1, 0.15) is 5.56 Å². The molecular weight excluding hydrogens is 341 g/mol. The normalized spacial score (nSPS) is 16.8. The average molecular weight is 360 g/mol. The molecule has 0 saturated carbocycles. The van der Waals surface area contributed by atoms with Crippen LogP contribution in [-0.4, -0.2) is 46.5 Å². The molecule has 1 aromatic carbocycles. The Morgan fingerprint density at radius 3 is 2.74 bits per heavy atom. The first-order valence-electron chi connectivity index (χ1n) is 6.87. The summed E-state index contributed by atoms with van der Waals surface area (Å²) in [4.78, 5) is 15.8. The van der Waals surface area contributed by atoms with E-state index in [1.165, 1.54) is 6.33 Å². The van der Waals surface area contributed by atoms with Gasteiger partial charge in [-0.3, -0.25) is 4.79 Å². The Balaban J connectivity index is 0.00000132. The van der Waals surface area contributed by atoms with Gasteiger partial charge in [-0.25, -0.2) is 9.67 Å². The van der Waals surface area contributed by atoms with E-state index in [1.54, 1.807) is 11.0 Å². The molecule has 1 saturated heterocycles. The van der Waals surface area contributed by atoms with E-state index in [4.69, 9.17) is 4.74 Å². The van der Waals surface area contributed by atoms with Gasteiger partial charge in [-0.1, -0.05) is 12.1 Å². The quantitative estimate of drug-likeness (QED) is 0.840. The molecule has 2 aromatic rings. The molecule has 1 fully saturated rings. The van der Waals surface area contributed by atoms with Crippen molar-refractivity contribution < 1.29 is 9.53 Å². The van der Waals surface area contributed by atoms with Crippen LogP contribution in [0.5, 0.6) is 0 Å². The molecular formula is C14H19Cl2N5O2. The lowest BCUT2D eigenvalue weighted by Gasteiger charge is -2.22. The zero-order valence-corrected chi connectivity index (χ0v) is 14.0. The van der Waals surface area contributed by atoms with Crippen molar-refractivity contribution >= 4 is 30.7 Å². The summed E-state index contributed by atoms with van der Waals surface area (Å²) in [6, 6.07) is 7.79. The van der Waals surface area contributed by atoms with Gasteiger partial charge in [-0.15, -0.1) is 24.8 Å². The predicted octanol–water partition coefficient (Wildman–Crippen LogP) is 0.715. The second-order valence-electron chi connectivity index (χ2n) is 4.79. The van der Waals surface area contributed by atoms with Gasteiger partial charge >= 0.3 is 0 Å².